The second-order valence-corrected chi connectivity index (χ2v) is 3.87. The van der Waals surface area contributed by atoms with Crippen molar-refractivity contribution in [1.29, 1.82) is 0 Å². The molecule has 0 spiro atoms. The number of pyridine rings is 1. The molecule has 0 amide bonds. The maximum absolute atomic E-state index is 5.97. The molecule has 0 aliphatic rings. The van der Waals surface area contributed by atoms with Gasteiger partial charge in [0.25, 0.3) is 0 Å². The molecule has 0 unspecified atom stereocenters. The van der Waals surface area contributed by atoms with Crippen LogP contribution in [0.1, 0.15) is 0 Å². The Morgan fingerprint density at radius 2 is 1.94 bits per heavy atom. The monoisotopic (exact) mass is 225 g/mol. The molecule has 0 aliphatic carbocycles. The maximum Gasteiger partial charge on any atom is 0.123 e. The van der Waals surface area contributed by atoms with Crippen molar-refractivity contribution in [1.82, 2.24) is 15.2 Å². The molecule has 1 aromatic carbocycles. The summed E-state index contributed by atoms with van der Waals surface area (Å²) in [5.74, 6) is 0.491. The maximum atomic E-state index is 5.97. The smallest absolute Gasteiger partial charge is 0.123 e. The lowest BCUT2D eigenvalue weighted by Gasteiger charge is -2.04. The van der Waals surface area contributed by atoms with Crippen LogP contribution in [-0.2, 0) is 0 Å². The number of aromatic amines is 1. The highest BCUT2D eigenvalue weighted by molar-refractivity contribution is 5.94. The summed E-state index contributed by atoms with van der Waals surface area (Å²) in [5.41, 5.74) is 15.2. The minimum absolute atomic E-state index is 0.491. The molecule has 0 aliphatic heterocycles. The van der Waals surface area contributed by atoms with E-state index in [-0.39, 0.29) is 0 Å². The summed E-state index contributed by atoms with van der Waals surface area (Å²) in [6.45, 7) is 0. The number of rotatable bonds is 1. The van der Waals surface area contributed by atoms with Crippen molar-refractivity contribution in [2.24, 2.45) is 0 Å². The largest absolute Gasteiger partial charge is 0.398 e. The van der Waals surface area contributed by atoms with Gasteiger partial charge in [-0.15, -0.1) is 0 Å². The molecule has 5 N–H and O–H groups in total. The minimum atomic E-state index is 0.491. The SMILES string of the molecule is Nc1cc(-c2cc(N)c3cn[nH]c3c2)ccn1. The topological polar surface area (TPSA) is 93.6 Å². The molecule has 2 aromatic heterocycles. The van der Waals surface area contributed by atoms with Crippen molar-refractivity contribution >= 4 is 22.4 Å². The summed E-state index contributed by atoms with van der Waals surface area (Å²) in [5, 5.41) is 7.81. The molecule has 5 heteroatoms. The summed E-state index contributed by atoms with van der Waals surface area (Å²) in [7, 11) is 0. The molecule has 84 valence electrons. The van der Waals surface area contributed by atoms with E-state index >= 15 is 0 Å². The van der Waals surface area contributed by atoms with Crippen LogP contribution in [0.25, 0.3) is 22.0 Å². The fourth-order valence-electron chi connectivity index (χ4n) is 1.87. The van der Waals surface area contributed by atoms with Crippen LogP contribution in [0, 0.1) is 0 Å². The average molecular weight is 225 g/mol. The molecule has 2 heterocycles. The van der Waals surface area contributed by atoms with Crippen LogP contribution in [0.3, 0.4) is 0 Å². The highest BCUT2D eigenvalue weighted by atomic mass is 15.1. The number of nitrogen functional groups attached to an aromatic ring is 2. The van der Waals surface area contributed by atoms with Gasteiger partial charge in [-0.2, -0.15) is 5.10 Å². The second kappa shape index (κ2) is 3.48. The third-order valence-electron chi connectivity index (χ3n) is 2.71. The number of nitrogens with zero attached hydrogens (tertiary/aromatic N) is 2. The number of hydrogen-bond acceptors (Lipinski definition) is 4. The van der Waals surface area contributed by atoms with E-state index in [0.29, 0.717) is 11.5 Å². The van der Waals surface area contributed by atoms with Gasteiger partial charge in [0.1, 0.15) is 5.82 Å². The lowest BCUT2D eigenvalue weighted by Crippen LogP contribution is -1.91. The third-order valence-corrected chi connectivity index (χ3v) is 2.71. The Morgan fingerprint density at radius 1 is 1.06 bits per heavy atom. The Hall–Kier alpha value is -2.56. The number of benzene rings is 1. The van der Waals surface area contributed by atoms with E-state index in [1.807, 2.05) is 24.3 Å². The van der Waals surface area contributed by atoms with E-state index in [2.05, 4.69) is 15.2 Å². The van der Waals surface area contributed by atoms with Crippen molar-refractivity contribution in [3.8, 4) is 11.1 Å². The fourth-order valence-corrected chi connectivity index (χ4v) is 1.87. The van der Waals surface area contributed by atoms with Crippen molar-refractivity contribution in [2.75, 3.05) is 11.5 Å². The zero-order valence-electron chi connectivity index (χ0n) is 9.01. The predicted molar refractivity (Wildman–Crippen MR) is 68.1 cm³/mol. The van der Waals surface area contributed by atoms with Crippen molar-refractivity contribution < 1.29 is 0 Å². The molecular formula is C12H11N5. The standard InChI is InChI=1S/C12H11N5/c13-10-3-8(4-11-9(10)6-16-17-11)7-1-2-15-12(14)5-7/h1-6H,13H2,(H2,14,15)(H,16,17). The summed E-state index contributed by atoms with van der Waals surface area (Å²) < 4.78 is 0. The summed E-state index contributed by atoms with van der Waals surface area (Å²) in [6, 6.07) is 7.62. The van der Waals surface area contributed by atoms with Crippen LogP contribution >= 0.6 is 0 Å². The molecule has 0 saturated carbocycles. The van der Waals surface area contributed by atoms with Gasteiger partial charge in [-0.1, -0.05) is 0 Å². The van der Waals surface area contributed by atoms with Crippen LogP contribution in [0.5, 0.6) is 0 Å². The van der Waals surface area contributed by atoms with Gasteiger partial charge in [0, 0.05) is 17.3 Å². The fraction of sp³-hybridized carbons (Fsp3) is 0. The number of nitrogens with two attached hydrogens (primary N) is 2. The molecule has 0 fully saturated rings. The van der Waals surface area contributed by atoms with E-state index in [0.717, 1.165) is 22.0 Å². The number of H-pyrrole nitrogens is 1. The van der Waals surface area contributed by atoms with E-state index in [1.54, 1.807) is 12.4 Å². The molecule has 0 saturated heterocycles. The lowest BCUT2D eigenvalue weighted by atomic mass is 10.0. The molecule has 3 rings (SSSR count). The molecule has 0 radical (unpaired) electrons. The van der Waals surface area contributed by atoms with Gasteiger partial charge in [-0.3, -0.25) is 5.10 Å². The summed E-state index contributed by atoms with van der Waals surface area (Å²) in [4.78, 5) is 3.97. The van der Waals surface area contributed by atoms with Crippen LogP contribution < -0.4 is 11.5 Å². The predicted octanol–water partition coefficient (Wildman–Crippen LogP) is 1.79. The summed E-state index contributed by atoms with van der Waals surface area (Å²) >= 11 is 0. The summed E-state index contributed by atoms with van der Waals surface area (Å²) in [6.07, 6.45) is 3.40. The molecular weight excluding hydrogens is 214 g/mol. The first-order valence-electron chi connectivity index (χ1n) is 5.18. The van der Waals surface area contributed by atoms with Gasteiger partial charge in [0.2, 0.25) is 0 Å². The minimum Gasteiger partial charge on any atom is -0.398 e. The Kier molecular flexibility index (Phi) is 1.98. The highest BCUT2D eigenvalue weighted by Gasteiger charge is 2.05. The lowest BCUT2D eigenvalue weighted by molar-refractivity contribution is 1.12. The molecule has 3 aromatic rings. The van der Waals surface area contributed by atoms with Gasteiger partial charge in [0.15, 0.2) is 0 Å². The van der Waals surface area contributed by atoms with Gasteiger partial charge in [0.05, 0.1) is 11.7 Å². The van der Waals surface area contributed by atoms with Crippen LogP contribution in [0.2, 0.25) is 0 Å². The van der Waals surface area contributed by atoms with E-state index in [1.165, 1.54) is 0 Å². The van der Waals surface area contributed by atoms with Gasteiger partial charge >= 0.3 is 0 Å². The number of aromatic nitrogens is 3. The van der Waals surface area contributed by atoms with Crippen molar-refractivity contribution in [3.05, 3.63) is 36.7 Å². The molecule has 0 atom stereocenters. The van der Waals surface area contributed by atoms with Gasteiger partial charge in [-0.25, -0.2) is 4.98 Å². The first-order valence-corrected chi connectivity index (χ1v) is 5.18. The number of anilines is 2. The van der Waals surface area contributed by atoms with Crippen LogP contribution in [0.4, 0.5) is 11.5 Å². The molecule has 17 heavy (non-hydrogen) atoms. The number of nitrogens with one attached hydrogen (secondary N) is 1. The second-order valence-electron chi connectivity index (χ2n) is 3.87. The van der Waals surface area contributed by atoms with E-state index in [9.17, 15) is 0 Å². The van der Waals surface area contributed by atoms with Gasteiger partial charge < -0.3 is 11.5 Å². The Labute approximate surface area is 97.5 Å². The van der Waals surface area contributed by atoms with E-state index < -0.39 is 0 Å². The Morgan fingerprint density at radius 3 is 2.76 bits per heavy atom. The zero-order chi connectivity index (χ0) is 11.8. The van der Waals surface area contributed by atoms with Crippen molar-refractivity contribution in [2.45, 2.75) is 0 Å². The normalized spacial score (nSPS) is 10.8. The number of hydrogen-bond donors (Lipinski definition) is 3. The Bertz CT molecular complexity index is 686. The average Bonchev–Trinajstić information content (AvgIpc) is 2.77. The zero-order valence-corrected chi connectivity index (χ0v) is 9.01. The van der Waals surface area contributed by atoms with Gasteiger partial charge in [-0.05, 0) is 35.4 Å². The molecule has 5 nitrogen and oxygen atoms in total. The third kappa shape index (κ3) is 1.57. The first-order chi connectivity index (χ1) is 8.24. The highest BCUT2D eigenvalue weighted by Crippen LogP contribution is 2.28. The van der Waals surface area contributed by atoms with Crippen molar-refractivity contribution in [3.63, 3.8) is 0 Å². The quantitative estimate of drug-likeness (QED) is 0.550. The van der Waals surface area contributed by atoms with Crippen LogP contribution in [0.15, 0.2) is 36.7 Å². The molecule has 0 bridgehead atoms. The number of fused-ring (bicyclic) bond motifs is 1. The first kappa shape index (κ1) is 9.65. The van der Waals surface area contributed by atoms with E-state index in [4.69, 9.17) is 11.5 Å². The Balaban J connectivity index is 2.23. The van der Waals surface area contributed by atoms with Crippen LogP contribution in [-0.4, -0.2) is 15.2 Å².